The van der Waals surface area contributed by atoms with Crippen molar-refractivity contribution in [1.29, 1.82) is 0 Å². The third kappa shape index (κ3) is 2.97. The van der Waals surface area contributed by atoms with Crippen LogP contribution in [-0.2, 0) is 6.18 Å². The predicted octanol–water partition coefficient (Wildman–Crippen LogP) is 5.26. The Kier molecular flexibility index (Phi) is 4.05. The van der Waals surface area contributed by atoms with E-state index in [4.69, 9.17) is 0 Å². The molecule has 1 aromatic carbocycles. The molecular formula is C8H4Br3F3. The largest absolute Gasteiger partial charge is 0.416 e. The molecular weight excluding hydrogens is 393 g/mol. The second-order valence-electron chi connectivity index (χ2n) is 2.53. The van der Waals surface area contributed by atoms with Gasteiger partial charge >= 0.3 is 6.18 Å². The number of rotatable bonds is 1. The number of halogens is 6. The topological polar surface area (TPSA) is 0 Å². The van der Waals surface area contributed by atoms with Gasteiger partial charge in [0.2, 0.25) is 0 Å². The van der Waals surface area contributed by atoms with Gasteiger partial charge in [0.1, 0.15) is 0 Å². The predicted molar refractivity (Wildman–Crippen MR) is 59.7 cm³/mol. The molecule has 0 heterocycles. The molecule has 78 valence electrons. The minimum atomic E-state index is -4.33. The molecule has 0 nitrogen and oxygen atoms in total. The van der Waals surface area contributed by atoms with Crippen LogP contribution in [0, 0.1) is 0 Å². The Morgan fingerprint density at radius 2 is 1.71 bits per heavy atom. The number of hydrogen-bond acceptors (Lipinski definition) is 0. The summed E-state index contributed by atoms with van der Waals surface area (Å²) in [6.45, 7) is 0. The zero-order valence-electron chi connectivity index (χ0n) is 6.58. The molecule has 1 aromatic rings. The highest BCUT2D eigenvalue weighted by Gasteiger charge is 2.34. The molecule has 0 N–H and O–H groups in total. The maximum atomic E-state index is 12.5. The Hall–Kier alpha value is 0.450. The third-order valence-electron chi connectivity index (χ3n) is 1.56. The zero-order valence-corrected chi connectivity index (χ0v) is 11.3. The Morgan fingerprint density at radius 1 is 1.14 bits per heavy atom. The maximum absolute atomic E-state index is 12.5. The number of benzene rings is 1. The van der Waals surface area contributed by atoms with Gasteiger partial charge in [0.15, 0.2) is 0 Å². The van der Waals surface area contributed by atoms with Crippen LogP contribution in [0.1, 0.15) is 14.9 Å². The van der Waals surface area contributed by atoms with E-state index in [2.05, 4.69) is 47.8 Å². The summed E-state index contributed by atoms with van der Waals surface area (Å²) in [6.07, 6.45) is -4.33. The van der Waals surface area contributed by atoms with Crippen molar-refractivity contribution in [2.24, 2.45) is 0 Å². The molecule has 14 heavy (non-hydrogen) atoms. The first-order chi connectivity index (χ1) is 6.32. The molecule has 0 aliphatic carbocycles. The van der Waals surface area contributed by atoms with Crippen molar-refractivity contribution in [3.8, 4) is 0 Å². The van der Waals surface area contributed by atoms with E-state index in [1.165, 1.54) is 6.07 Å². The van der Waals surface area contributed by atoms with Gasteiger partial charge < -0.3 is 0 Å². The van der Waals surface area contributed by atoms with Gasteiger partial charge in [-0.15, -0.1) is 0 Å². The molecule has 0 aliphatic heterocycles. The highest BCUT2D eigenvalue weighted by atomic mass is 79.9. The molecule has 0 bridgehead atoms. The molecule has 0 atom stereocenters. The summed E-state index contributed by atoms with van der Waals surface area (Å²) in [4.78, 5) is 0. The van der Waals surface area contributed by atoms with E-state index in [1.807, 2.05) is 0 Å². The normalized spacial score (nSPS) is 12.2. The van der Waals surface area contributed by atoms with Crippen LogP contribution in [0.2, 0.25) is 0 Å². The third-order valence-corrected chi connectivity index (χ3v) is 3.04. The van der Waals surface area contributed by atoms with Crippen molar-refractivity contribution >= 4 is 47.8 Å². The van der Waals surface area contributed by atoms with Gasteiger partial charge in [-0.05, 0) is 17.7 Å². The molecule has 0 aliphatic rings. The number of alkyl halides is 5. The van der Waals surface area contributed by atoms with Gasteiger partial charge in [-0.3, -0.25) is 0 Å². The molecule has 0 fully saturated rings. The monoisotopic (exact) mass is 394 g/mol. The van der Waals surface area contributed by atoms with Gasteiger partial charge in [0.05, 0.1) is 9.30 Å². The van der Waals surface area contributed by atoms with E-state index in [0.29, 0.717) is 4.47 Å². The second-order valence-corrected chi connectivity index (χ2v) is 6.51. The minimum Gasteiger partial charge on any atom is -0.166 e. The summed E-state index contributed by atoms with van der Waals surface area (Å²) < 4.78 is 37.5. The summed E-state index contributed by atoms with van der Waals surface area (Å²) in [6, 6.07) is 4.05. The van der Waals surface area contributed by atoms with E-state index in [0.717, 1.165) is 6.07 Å². The smallest absolute Gasteiger partial charge is 0.166 e. The van der Waals surface area contributed by atoms with Crippen LogP contribution < -0.4 is 0 Å². The fourth-order valence-corrected chi connectivity index (χ4v) is 2.12. The molecule has 0 saturated heterocycles. The minimum absolute atomic E-state index is 0.167. The molecule has 0 radical (unpaired) electrons. The van der Waals surface area contributed by atoms with Gasteiger partial charge in [-0.2, -0.15) is 13.2 Å². The van der Waals surface area contributed by atoms with Crippen LogP contribution in [0.25, 0.3) is 0 Å². The first-order valence-electron chi connectivity index (χ1n) is 3.47. The zero-order chi connectivity index (χ0) is 10.9. The molecule has 0 aromatic heterocycles. The second kappa shape index (κ2) is 4.53. The fraction of sp³-hybridized carbons (Fsp3) is 0.250. The van der Waals surface area contributed by atoms with Crippen LogP contribution in [0.3, 0.4) is 0 Å². The standard InChI is InChI=1S/C8H4Br3F3/c9-4-1-2-5(7(10)11)6(3-4)8(12,13)14/h1-3,7H. The van der Waals surface area contributed by atoms with E-state index in [1.54, 1.807) is 6.07 Å². The summed E-state index contributed by atoms with van der Waals surface area (Å²) in [7, 11) is 0. The summed E-state index contributed by atoms with van der Waals surface area (Å²) in [5.74, 6) is 0. The van der Waals surface area contributed by atoms with E-state index >= 15 is 0 Å². The number of hydrogen-bond donors (Lipinski definition) is 0. The summed E-state index contributed by atoms with van der Waals surface area (Å²) in [5.41, 5.74) is -0.480. The van der Waals surface area contributed by atoms with Crippen molar-refractivity contribution < 1.29 is 13.2 Å². The van der Waals surface area contributed by atoms with Gasteiger partial charge in [0.25, 0.3) is 0 Å². The van der Waals surface area contributed by atoms with Crippen LogP contribution in [0.4, 0.5) is 13.2 Å². The van der Waals surface area contributed by atoms with E-state index in [9.17, 15) is 13.2 Å². The summed E-state index contributed by atoms with van der Waals surface area (Å²) in [5, 5.41) is 0. The molecule has 6 heteroatoms. The average Bonchev–Trinajstić information content (AvgIpc) is 2.01. The van der Waals surface area contributed by atoms with Crippen molar-refractivity contribution in [1.82, 2.24) is 0 Å². The molecule has 0 saturated carbocycles. The first-order valence-corrected chi connectivity index (χ1v) is 6.09. The lowest BCUT2D eigenvalue weighted by molar-refractivity contribution is -0.138. The maximum Gasteiger partial charge on any atom is 0.416 e. The van der Waals surface area contributed by atoms with Crippen molar-refractivity contribution in [2.45, 2.75) is 9.91 Å². The summed E-state index contributed by atoms with van der Waals surface area (Å²) >= 11 is 9.11. The first kappa shape index (κ1) is 12.5. The van der Waals surface area contributed by atoms with Crippen molar-refractivity contribution in [3.63, 3.8) is 0 Å². The van der Waals surface area contributed by atoms with Crippen molar-refractivity contribution in [2.75, 3.05) is 0 Å². The molecule has 0 amide bonds. The Labute approximate surface area is 104 Å². The SMILES string of the molecule is FC(F)(F)c1cc(Br)ccc1C(Br)Br. The van der Waals surface area contributed by atoms with E-state index in [-0.39, 0.29) is 5.56 Å². The lowest BCUT2D eigenvalue weighted by atomic mass is 10.1. The quantitative estimate of drug-likeness (QED) is 0.568. The van der Waals surface area contributed by atoms with Gasteiger partial charge in [-0.1, -0.05) is 53.9 Å². The Balaban J connectivity index is 3.30. The van der Waals surface area contributed by atoms with Crippen LogP contribution in [0.15, 0.2) is 22.7 Å². The molecule has 0 spiro atoms. The van der Waals surface area contributed by atoms with Gasteiger partial charge in [0, 0.05) is 4.47 Å². The van der Waals surface area contributed by atoms with Crippen LogP contribution in [-0.4, -0.2) is 0 Å². The highest BCUT2D eigenvalue weighted by molar-refractivity contribution is 9.24. The van der Waals surface area contributed by atoms with E-state index < -0.39 is 15.5 Å². The van der Waals surface area contributed by atoms with Crippen molar-refractivity contribution in [3.05, 3.63) is 33.8 Å². The van der Waals surface area contributed by atoms with Crippen LogP contribution >= 0.6 is 47.8 Å². The highest BCUT2D eigenvalue weighted by Crippen LogP contribution is 2.40. The molecule has 1 rings (SSSR count). The fourth-order valence-electron chi connectivity index (χ4n) is 0.964. The molecule has 0 unspecified atom stereocenters. The Bertz CT molecular complexity index is 333. The average molecular weight is 397 g/mol. The lowest BCUT2D eigenvalue weighted by Gasteiger charge is -2.13. The van der Waals surface area contributed by atoms with Gasteiger partial charge in [-0.25, -0.2) is 0 Å². The Morgan fingerprint density at radius 3 is 2.14 bits per heavy atom. The van der Waals surface area contributed by atoms with Crippen LogP contribution in [0.5, 0.6) is 0 Å². The lowest BCUT2D eigenvalue weighted by Crippen LogP contribution is -2.08.